The van der Waals surface area contributed by atoms with Gasteiger partial charge in [-0.05, 0) is 37.1 Å². The van der Waals surface area contributed by atoms with E-state index in [0.29, 0.717) is 18.7 Å². The maximum absolute atomic E-state index is 12.5. The maximum Gasteiger partial charge on any atom is 0.225 e. The fraction of sp³-hybridized carbons (Fsp3) is 0.600. The number of rotatable bonds is 4. The zero-order valence-corrected chi connectivity index (χ0v) is 14.6. The minimum Gasteiger partial charge on any atom is -0.490 e. The Hall–Kier alpha value is -2.06. The summed E-state index contributed by atoms with van der Waals surface area (Å²) in [6.45, 7) is 1.35. The average molecular weight is 342 g/mol. The molecule has 2 fully saturated rings. The molecule has 0 bridgehead atoms. The lowest BCUT2D eigenvalue weighted by Crippen LogP contribution is -2.45. The number of likely N-dealkylation sites (tertiary alicyclic amines) is 1. The lowest BCUT2D eigenvalue weighted by molar-refractivity contribution is -0.139. The van der Waals surface area contributed by atoms with E-state index in [9.17, 15) is 9.90 Å². The minimum atomic E-state index is -0.787. The van der Waals surface area contributed by atoms with Gasteiger partial charge in [-0.15, -0.1) is 0 Å². The van der Waals surface area contributed by atoms with Crippen LogP contribution in [0.25, 0.3) is 0 Å². The Bertz CT molecular complexity index is 621. The molecule has 134 valence electrons. The SMILES string of the molecule is N#Cc1ccc(OC2CCN(C(=O)CC3(O)CCCCC3)CC2)cc1. The third-order valence-electron chi connectivity index (χ3n) is 5.35. The van der Waals surface area contributed by atoms with Crippen molar-refractivity contribution in [3.05, 3.63) is 29.8 Å². The number of hydrogen-bond donors (Lipinski definition) is 1. The summed E-state index contributed by atoms with van der Waals surface area (Å²) in [5.41, 5.74) is -0.168. The third kappa shape index (κ3) is 4.73. The van der Waals surface area contributed by atoms with Gasteiger partial charge >= 0.3 is 0 Å². The van der Waals surface area contributed by atoms with Crippen molar-refractivity contribution < 1.29 is 14.6 Å². The smallest absolute Gasteiger partial charge is 0.225 e. The molecule has 1 saturated heterocycles. The van der Waals surface area contributed by atoms with Crippen LogP contribution in [0.4, 0.5) is 0 Å². The first-order valence-corrected chi connectivity index (χ1v) is 9.25. The molecular formula is C20H26N2O3. The summed E-state index contributed by atoms with van der Waals surface area (Å²) in [5.74, 6) is 0.835. The number of carbonyl (C=O) groups excluding carboxylic acids is 1. The van der Waals surface area contributed by atoms with Gasteiger partial charge in [-0.3, -0.25) is 4.79 Å². The molecule has 0 aromatic heterocycles. The van der Waals surface area contributed by atoms with E-state index >= 15 is 0 Å². The number of piperidine rings is 1. The van der Waals surface area contributed by atoms with Gasteiger partial charge in [0.05, 0.1) is 23.7 Å². The number of nitrogens with zero attached hydrogens (tertiary/aromatic N) is 2. The van der Waals surface area contributed by atoms with Crippen LogP contribution in [-0.2, 0) is 4.79 Å². The van der Waals surface area contributed by atoms with Crippen molar-refractivity contribution in [3.63, 3.8) is 0 Å². The molecule has 5 nitrogen and oxygen atoms in total. The van der Waals surface area contributed by atoms with Crippen LogP contribution in [-0.4, -0.2) is 40.7 Å². The number of hydrogen-bond acceptors (Lipinski definition) is 4. The predicted octanol–water partition coefficient (Wildman–Crippen LogP) is 3.01. The second-order valence-corrected chi connectivity index (χ2v) is 7.30. The summed E-state index contributed by atoms with van der Waals surface area (Å²) < 4.78 is 5.96. The van der Waals surface area contributed by atoms with E-state index in [1.54, 1.807) is 12.1 Å². The van der Waals surface area contributed by atoms with Gasteiger partial charge in [0.2, 0.25) is 5.91 Å². The highest BCUT2D eigenvalue weighted by Crippen LogP contribution is 2.31. The zero-order chi connectivity index (χ0) is 17.7. The molecule has 0 atom stereocenters. The van der Waals surface area contributed by atoms with Crippen LogP contribution in [0.5, 0.6) is 5.75 Å². The highest BCUT2D eigenvalue weighted by atomic mass is 16.5. The van der Waals surface area contributed by atoms with Gasteiger partial charge in [0.15, 0.2) is 0 Å². The van der Waals surface area contributed by atoms with E-state index in [1.807, 2.05) is 17.0 Å². The van der Waals surface area contributed by atoms with E-state index in [1.165, 1.54) is 0 Å². The van der Waals surface area contributed by atoms with E-state index in [-0.39, 0.29) is 18.4 Å². The lowest BCUT2D eigenvalue weighted by atomic mass is 9.82. The summed E-state index contributed by atoms with van der Waals surface area (Å²) >= 11 is 0. The van der Waals surface area contributed by atoms with Crippen molar-refractivity contribution >= 4 is 5.91 Å². The van der Waals surface area contributed by atoms with E-state index in [2.05, 4.69) is 6.07 Å². The maximum atomic E-state index is 12.5. The molecule has 1 aromatic rings. The molecule has 2 aliphatic rings. The number of aliphatic hydroxyl groups is 1. The van der Waals surface area contributed by atoms with Crippen LogP contribution >= 0.6 is 0 Å². The van der Waals surface area contributed by atoms with Crippen LogP contribution in [0.1, 0.15) is 56.9 Å². The van der Waals surface area contributed by atoms with Gasteiger partial charge in [-0.2, -0.15) is 5.26 Å². The van der Waals surface area contributed by atoms with Crippen LogP contribution in [0.3, 0.4) is 0 Å². The highest BCUT2D eigenvalue weighted by molar-refractivity contribution is 5.77. The molecular weight excluding hydrogens is 316 g/mol. The monoisotopic (exact) mass is 342 g/mol. The fourth-order valence-corrected chi connectivity index (χ4v) is 3.80. The number of carbonyl (C=O) groups is 1. The Labute approximate surface area is 149 Å². The lowest BCUT2D eigenvalue weighted by Gasteiger charge is -2.36. The highest BCUT2D eigenvalue weighted by Gasteiger charge is 2.34. The van der Waals surface area contributed by atoms with Crippen molar-refractivity contribution in [2.75, 3.05) is 13.1 Å². The zero-order valence-electron chi connectivity index (χ0n) is 14.6. The molecule has 1 N–H and O–H groups in total. The quantitative estimate of drug-likeness (QED) is 0.913. The topological polar surface area (TPSA) is 73.6 Å². The van der Waals surface area contributed by atoms with Crippen LogP contribution in [0.15, 0.2) is 24.3 Å². The molecule has 0 radical (unpaired) electrons. The predicted molar refractivity (Wildman–Crippen MR) is 94.0 cm³/mol. The Morgan fingerprint density at radius 2 is 1.84 bits per heavy atom. The molecule has 3 rings (SSSR count). The Morgan fingerprint density at radius 3 is 2.44 bits per heavy atom. The summed E-state index contributed by atoms with van der Waals surface area (Å²) in [5, 5.41) is 19.4. The van der Waals surface area contributed by atoms with E-state index < -0.39 is 5.60 Å². The van der Waals surface area contributed by atoms with Gasteiger partial charge in [0.25, 0.3) is 0 Å². The summed E-state index contributed by atoms with van der Waals surface area (Å²) in [6, 6.07) is 9.22. The minimum absolute atomic E-state index is 0.0706. The van der Waals surface area contributed by atoms with Crippen molar-refractivity contribution in [2.24, 2.45) is 0 Å². The molecule has 1 aromatic carbocycles. The number of amides is 1. The van der Waals surface area contributed by atoms with Gasteiger partial charge in [-0.25, -0.2) is 0 Å². The van der Waals surface area contributed by atoms with Gasteiger partial charge in [0, 0.05) is 25.9 Å². The Kier molecular flexibility index (Phi) is 5.60. The molecule has 1 aliphatic heterocycles. The van der Waals surface area contributed by atoms with Crippen LogP contribution in [0, 0.1) is 11.3 Å². The number of ether oxygens (including phenoxy) is 1. The van der Waals surface area contributed by atoms with Crippen molar-refractivity contribution in [1.29, 1.82) is 5.26 Å². The molecule has 1 heterocycles. The first-order valence-electron chi connectivity index (χ1n) is 9.25. The number of benzene rings is 1. The molecule has 0 unspecified atom stereocenters. The standard InChI is InChI=1S/C20H26N2O3/c21-15-16-4-6-17(7-5-16)25-18-8-12-22(13-9-18)19(23)14-20(24)10-2-1-3-11-20/h4-7,18,24H,1-3,8-14H2. The largest absolute Gasteiger partial charge is 0.490 e. The van der Waals surface area contributed by atoms with Gasteiger partial charge in [0.1, 0.15) is 11.9 Å². The number of nitriles is 1. The van der Waals surface area contributed by atoms with Crippen molar-refractivity contribution in [2.45, 2.75) is 63.1 Å². The Balaban J connectivity index is 1.46. The molecule has 1 aliphatic carbocycles. The van der Waals surface area contributed by atoms with Gasteiger partial charge < -0.3 is 14.7 Å². The summed E-state index contributed by atoms with van der Waals surface area (Å²) in [4.78, 5) is 14.4. The summed E-state index contributed by atoms with van der Waals surface area (Å²) in [7, 11) is 0. The molecule has 1 saturated carbocycles. The average Bonchev–Trinajstić information content (AvgIpc) is 2.63. The Morgan fingerprint density at radius 1 is 1.20 bits per heavy atom. The van der Waals surface area contributed by atoms with E-state index in [4.69, 9.17) is 10.00 Å². The van der Waals surface area contributed by atoms with Crippen LogP contribution in [0.2, 0.25) is 0 Å². The van der Waals surface area contributed by atoms with Crippen molar-refractivity contribution in [1.82, 2.24) is 4.90 Å². The third-order valence-corrected chi connectivity index (χ3v) is 5.35. The normalized spacial score (nSPS) is 20.7. The molecule has 1 amide bonds. The fourth-order valence-electron chi connectivity index (χ4n) is 3.80. The van der Waals surface area contributed by atoms with Crippen LogP contribution < -0.4 is 4.74 Å². The molecule has 0 spiro atoms. The first kappa shape index (κ1) is 17.8. The first-order chi connectivity index (χ1) is 12.1. The van der Waals surface area contributed by atoms with E-state index in [0.717, 1.165) is 50.7 Å². The second kappa shape index (κ2) is 7.88. The second-order valence-electron chi connectivity index (χ2n) is 7.30. The summed E-state index contributed by atoms with van der Waals surface area (Å²) in [6.07, 6.45) is 6.63. The van der Waals surface area contributed by atoms with Crippen molar-refractivity contribution in [3.8, 4) is 11.8 Å². The molecule has 5 heteroatoms. The van der Waals surface area contributed by atoms with Gasteiger partial charge in [-0.1, -0.05) is 19.3 Å². The molecule has 25 heavy (non-hydrogen) atoms.